The standard InChI is InChI=1S/C14H14N4O/c15-6-12-5-13(16)8-18-14(12)17-7-10-1-3-11(9-19)4-2-10/h1-5,8,19H,7,9,16H2,(H,17,18). The number of nitriles is 1. The number of nitrogens with one attached hydrogen (secondary N) is 1. The van der Waals surface area contributed by atoms with Crippen molar-refractivity contribution in [1.82, 2.24) is 4.98 Å². The monoisotopic (exact) mass is 254 g/mol. The van der Waals surface area contributed by atoms with E-state index in [1.165, 1.54) is 6.20 Å². The van der Waals surface area contributed by atoms with Crippen LogP contribution in [0.2, 0.25) is 0 Å². The summed E-state index contributed by atoms with van der Waals surface area (Å²) in [5, 5.41) is 21.0. The Hall–Kier alpha value is -2.58. The summed E-state index contributed by atoms with van der Waals surface area (Å²) in [5.41, 5.74) is 8.38. The SMILES string of the molecule is N#Cc1cc(N)cnc1NCc1ccc(CO)cc1. The van der Waals surface area contributed by atoms with Gasteiger partial charge in [-0.15, -0.1) is 0 Å². The van der Waals surface area contributed by atoms with Crippen molar-refractivity contribution in [3.8, 4) is 6.07 Å². The highest BCUT2D eigenvalue weighted by Crippen LogP contribution is 2.15. The number of nitrogen functional groups attached to an aromatic ring is 1. The van der Waals surface area contributed by atoms with Crippen molar-refractivity contribution in [3.05, 3.63) is 53.2 Å². The smallest absolute Gasteiger partial charge is 0.144 e. The lowest BCUT2D eigenvalue weighted by molar-refractivity contribution is 0.282. The van der Waals surface area contributed by atoms with Gasteiger partial charge >= 0.3 is 0 Å². The summed E-state index contributed by atoms with van der Waals surface area (Å²) in [6.07, 6.45) is 1.51. The van der Waals surface area contributed by atoms with Gasteiger partial charge in [0.2, 0.25) is 0 Å². The lowest BCUT2D eigenvalue weighted by atomic mass is 10.1. The highest BCUT2D eigenvalue weighted by Gasteiger charge is 2.03. The van der Waals surface area contributed by atoms with E-state index in [0.29, 0.717) is 23.6 Å². The lowest BCUT2D eigenvalue weighted by Gasteiger charge is -2.08. The zero-order valence-electron chi connectivity index (χ0n) is 10.3. The number of anilines is 2. The minimum absolute atomic E-state index is 0.0335. The van der Waals surface area contributed by atoms with Crippen LogP contribution in [0.1, 0.15) is 16.7 Å². The first-order chi connectivity index (χ1) is 9.22. The topological polar surface area (TPSA) is 95.0 Å². The number of nitrogens with two attached hydrogens (primary N) is 1. The minimum atomic E-state index is 0.0335. The molecule has 0 unspecified atom stereocenters. The Kier molecular flexibility index (Phi) is 3.96. The molecule has 0 atom stereocenters. The molecule has 0 aliphatic rings. The van der Waals surface area contributed by atoms with Gasteiger partial charge in [-0.25, -0.2) is 4.98 Å². The van der Waals surface area contributed by atoms with E-state index in [4.69, 9.17) is 16.1 Å². The maximum absolute atomic E-state index is 9.00. The number of aliphatic hydroxyl groups excluding tert-OH is 1. The predicted molar refractivity (Wildman–Crippen MR) is 73.1 cm³/mol. The molecule has 96 valence electrons. The van der Waals surface area contributed by atoms with Gasteiger partial charge in [-0.2, -0.15) is 5.26 Å². The van der Waals surface area contributed by atoms with Crippen molar-refractivity contribution in [1.29, 1.82) is 5.26 Å². The van der Waals surface area contributed by atoms with E-state index in [-0.39, 0.29) is 6.61 Å². The Morgan fingerprint density at radius 2 is 1.95 bits per heavy atom. The summed E-state index contributed by atoms with van der Waals surface area (Å²) >= 11 is 0. The molecule has 1 heterocycles. The molecule has 1 aromatic heterocycles. The van der Waals surface area contributed by atoms with E-state index in [0.717, 1.165) is 11.1 Å². The summed E-state index contributed by atoms with van der Waals surface area (Å²) < 4.78 is 0. The third kappa shape index (κ3) is 3.21. The number of pyridine rings is 1. The lowest BCUT2D eigenvalue weighted by Crippen LogP contribution is -2.04. The Labute approximate surface area is 111 Å². The second kappa shape index (κ2) is 5.85. The fourth-order valence-corrected chi connectivity index (χ4v) is 1.66. The maximum Gasteiger partial charge on any atom is 0.144 e. The average Bonchev–Trinajstić information content (AvgIpc) is 2.46. The van der Waals surface area contributed by atoms with E-state index >= 15 is 0 Å². The summed E-state index contributed by atoms with van der Waals surface area (Å²) in [4.78, 5) is 4.10. The first-order valence-corrected chi connectivity index (χ1v) is 5.81. The molecule has 2 aromatic rings. The number of aromatic nitrogens is 1. The number of aliphatic hydroxyl groups is 1. The Bertz CT molecular complexity index is 602. The molecule has 5 heteroatoms. The van der Waals surface area contributed by atoms with Gasteiger partial charge in [0.05, 0.1) is 24.1 Å². The second-order valence-electron chi connectivity index (χ2n) is 4.10. The molecule has 0 bridgehead atoms. The molecule has 0 fully saturated rings. The van der Waals surface area contributed by atoms with Crippen molar-refractivity contribution in [2.75, 3.05) is 11.1 Å². The largest absolute Gasteiger partial charge is 0.397 e. The summed E-state index contributed by atoms with van der Waals surface area (Å²) in [6, 6.07) is 11.2. The third-order valence-corrected chi connectivity index (χ3v) is 2.69. The fourth-order valence-electron chi connectivity index (χ4n) is 1.66. The van der Waals surface area contributed by atoms with Crippen molar-refractivity contribution in [3.63, 3.8) is 0 Å². The molecular weight excluding hydrogens is 240 g/mol. The van der Waals surface area contributed by atoms with Crippen molar-refractivity contribution < 1.29 is 5.11 Å². The van der Waals surface area contributed by atoms with Crippen LogP contribution in [-0.2, 0) is 13.2 Å². The van der Waals surface area contributed by atoms with Gasteiger partial charge in [0, 0.05) is 6.54 Å². The second-order valence-corrected chi connectivity index (χ2v) is 4.10. The highest BCUT2D eigenvalue weighted by atomic mass is 16.3. The third-order valence-electron chi connectivity index (χ3n) is 2.69. The number of nitrogens with zero attached hydrogens (tertiary/aromatic N) is 2. The summed E-state index contributed by atoms with van der Waals surface area (Å²) in [7, 11) is 0. The van der Waals surface area contributed by atoms with Gasteiger partial charge in [-0.05, 0) is 17.2 Å². The molecule has 0 aliphatic carbocycles. The molecule has 0 aliphatic heterocycles. The van der Waals surface area contributed by atoms with Crippen molar-refractivity contribution in [2.45, 2.75) is 13.2 Å². The minimum Gasteiger partial charge on any atom is -0.397 e. The quantitative estimate of drug-likeness (QED) is 0.771. The molecule has 0 saturated heterocycles. The number of rotatable bonds is 4. The van der Waals surface area contributed by atoms with E-state index in [1.54, 1.807) is 6.07 Å². The van der Waals surface area contributed by atoms with E-state index in [9.17, 15) is 0 Å². The van der Waals surface area contributed by atoms with Gasteiger partial charge in [-0.1, -0.05) is 24.3 Å². The number of benzene rings is 1. The fraction of sp³-hybridized carbons (Fsp3) is 0.143. The number of hydrogen-bond acceptors (Lipinski definition) is 5. The molecule has 0 radical (unpaired) electrons. The maximum atomic E-state index is 9.00. The van der Waals surface area contributed by atoms with Gasteiger partial charge in [0.25, 0.3) is 0 Å². The van der Waals surface area contributed by atoms with Gasteiger partial charge < -0.3 is 16.2 Å². The van der Waals surface area contributed by atoms with Crippen LogP contribution in [0.5, 0.6) is 0 Å². The zero-order valence-corrected chi connectivity index (χ0v) is 10.3. The predicted octanol–water partition coefficient (Wildman–Crippen LogP) is 1.64. The van der Waals surface area contributed by atoms with Crippen LogP contribution in [0.25, 0.3) is 0 Å². The average molecular weight is 254 g/mol. The molecule has 4 N–H and O–H groups in total. The van der Waals surface area contributed by atoms with Gasteiger partial charge in [0.15, 0.2) is 0 Å². The van der Waals surface area contributed by atoms with Crippen LogP contribution in [0, 0.1) is 11.3 Å². The van der Waals surface area contributed by atoms with E-state index in [1.807, 2.05) is 24.3 Å². The van der Waals surface area contributed by atoms with Crippen LogP contribution in [-0.4, -0.2) is 10.1 Å². The molecule has 19 heavy (non-hydrogen) atoms. The molecule has 5 nitrogen and oxygen atoms in total. The molecule has 0 amide bonds. The molecule has 1 aromatic carbocycles. The van der Waals surface area contributed by atoms with Crippen LogP contribution >= 0.6 is 0 Å². The molecule has 0 saturated carbocycles. The Balaban J connectivity index is 2.08. The molecule has 2 rings (SSSR count). The summed E-state index contributed by atoms with van der Waals surface area (Å²) in [5.74, 6) is 0.517. The highest BCUT2D eigenvalue weighted by molar-refractivity contribution is 5.57. The Morgan fingerprint density at radius 1 is 1.26 bits per heavy atom. The number of hydrogen-bond donors (Lipinski definition) is 3. The van der Waals surface area contributed by atoms with Crippen molar-refractivity contribution >= 4 is 11.5 Å². The Morgan fingerprint density at radius 3 is 2.58 bits per heavy atom. The summed E-state index contributed by atoms with van der Waals surface area (Å²) in [6.45, 7) is 0.586. The first kappa shape index (κ1) is 12.9. The van der Waals surface area contributed by atoms with Crippen molar-refractivity contribution in [2.24, 2.45) is 0 Å². The molecular formula is C14H14N4O. The van der Waals surface area contributed by atoms with Crippen LogP contribution in [0.4, 0.5) is 11.5 Å². The zero-order chi connectivity index (χ0) is 13.7. The van der Waals surface area contributed by atoms with Crippen LogP contribution in [0.3, 0.4) is 0 Å². The van der Waals surface area contributed by atoms with Gasteiger partial charge in [-0.3, -0.25) is 0 Å². The van der Waals surface area contributed by atoms with Crippen LogP contribution in [0.15, 0.2) is 36.5 Å². The van der Waals surface area contributed by atoms with Crippen LogP contribution < -0.4 is 11.1 Å². The van der Waals surface area contributed by atoms with Gasteiger partial charge in [0.1, 0.15) is 11.9 Å². The first-order valence-electron chi connectivity index (χ1n) is 5.81. The molecule has 0 spiro atoms. The van der Waals surface area contributed by atoms with E-state index in [2.05, 4.69) is 16.4 Å². The normalized spacial score (nSPS) is 9.89. The van der Waals surface area contributed by atoms with E-state index < -0.39 is 0 Å².